The number of carbonyl (C=O) groups is 3. The molecule has 190 valence electrons. The Balaban J connectivity index is 1.67. The van der Waals surface area contributed by atoms with Gasteiger partial charge in [-0.25, -0.2) is 14.0 Å². The average Bonchev–Trinajstić information content (AvgIpc) is 3.16. The van der Waals surface area contributed by atoms with Crippen molar-refractivity contribution in [2.75, 3.05) is 10.6 Å². The standard InChI is InChI=1S/C24H17F4N5O4/c1-12-2-7-16(25)17(10-12)32-23(36)31-14-5-3-13(4-6-14)19-15-8-9-30-11-18(15)33(20(19)21(29)34)37-22(35)24(26,27)28/h2-11H,1H3,(H2,29,34)(H2,31,32,36). The van der Waals surface area contributed by atoms with E-state index in [2.05, 4.69) is 20.5 Å². The van der Waals surface area contributed by atoms with Gasteiger partial charge in [0.15, 0.2) is 5.69 Å². The number of primary amides is 1. The van der Waals surface area contributed by atoms with Gasteiger partial charge in [-0.3, -0.25) is 9.78 Å². The zero-order chi connectivity index (χ0) is 26.9. The molecule has 0 unspecified atom stereocenters. The van der Waals surface area contributed by atoms with Crippen molar-refractivity contribution in [3.05, 3.63) is 78.0 Å². The van der Waals surface area contributed by atoms with Crippen LogP contribution in [-0.2, 0) is 4.79 Å². The van der Waals surface area contributed by atoms with Crippen LogP contribution in [0.5, 0.6) is 0 Å². The molecule has 0 aliphatic carbocycles. The molecule has 2 heterocycles. The van der Waals surface area contributed by atoms with E-state index in [4.69, 9.17) is 5.73 Å². The van der Waals surface area contributed by atoms with E-state index in [1.807, 2.05) is 0 Å². The highest BCUT2D eigenvalue weighted by atomic mass is 19.4. The number of aromatic nitrogens is 2. The number of anilines is 2. The second-order valence-electron chi connectivity index (χ2n) is 7.79. The van der Waals surface area contributed by atoms with Crippen molar-refractivity contribution in [2.45, 2.75) is 13.1 Å². The second-order valence-corrected chi connectivity index (χ2v) is 7.79. The molecule has 37 heavy (non-hydrogen) atoms. The number of aryl methyl sites for hydroxylation is 1. The summed E-state index contributed by atoms with van der Waals surface area (Å²) < 4.78 is 52.8. The number of hydrogen-bond donors (Lipinski definition) is 3. The Kier molecular flexibility index (Phi) is 6.53. The van der Waals surface area contributed by atoms with Crippen molar-refractivity contribution in [1.82, 2.24) is 9.71 Å². The number of fused-ring (bicyclic) bond motifs is 1. The van der Waals surface area contributed by atoms with Gasteiger partial charge in [0, 0.05) is 22.8 Å². The molecule has 4 N–H and O–H groups in total. The summed E-state index contributed by atoms with van der Waals surface area (Å²) in [4.78, 5) is 44.3. The summed E-state index contributed by atoms with van der Waals surface area (Å²) in [5, 5.41) is 5.14. The summed E-state index contributed by atoms with van der Waals surface area (Å²) in [5.74, 6) is -4.34. The Bertz CT molecular complexity index is 1530. The predicted molar refractivity (Wildman–Crippen MR) is 125 cm³/mol. The number of rotatable bonds is 5. The van der Waals surface area contributed by atoms with Gasteiger partial charge in [-0.05, 0) is 48.4 Å². The average molecular weight is 515 g/mol. The summed E-state index contributed by atoms with van der Waals surface area (Å²) in [5.41, 5.74) is 6.21. The molecule has 0 bridgehead atoms. The third-order valence-corrected chi connectivity index (χ3v) is 5.17. The van der Waals surface area contributed by atoms with Gasteiger partial charge in [-0.1, -0.05) is 18.2 Å². The van der Waals surface area contributed by atoms with Crippen LogP contribution in [0.25, 0.3) is 22.0 Å². The van der Waals surface area contributed by atoms with Crippen LogP contribution in [0.15, 0.2) is 60.9 Å². The van der Waals surface area contributed by atoms with E-state index in [1.165, 1.54) is 48.7 Å². The Morgan fingerprint density at radius 3 is 2.38 bits per heavy atom. The van der Waals surface area contributed by atoms with Gasteiger partial charge >= 0.3 is 18.2 Å². The largest absolute Gasteiger partial charge is 0.493 e. The number of nitrogens with zero attached hydrogens (tertiary/aromatic N) is 2. The minimum absolute atomic E-state index is 0.0185. The quantitative estimate of drug-likeness (QED) is 0.339. The molecule has 4 aromatic rings. The number of pyridine rings is 1. The van der Waals surface area contributed by atoms with Gasteiger partial charge in [0.25, 0.3) is 5.91 Å². The minimum atomic E-state index is -5.33. The number of amides is 3. The van der Waals surface area contributed by atoms with Gasteiger partial charge in [-0.15, -0.1) is 0 Å². The van der Waals surface area contributed by atoms with Crippen LogP contribution in [0.1, 0.15) is 16.1 Å². The van der Waals surface area contributed by atoms with Crippen LogP contribution in [0.3, 0.4) is 0 Å². The number of halogens is 4. The lowest BCUT2D eigenvalue weighted by Crippen LogP contribution is -2.35. The van der Waals surface area contributed by atoms with Crippen LogP contribution in [-0.4, -0.2) is 33.8 Å². The fraction of sp³-hybridized carbons (Fsp3) is 0.0833. The summed E-state index contributed by atoms with van der Waals surface area (Å²) in [7, 11) is 0. The zero-order valence-electron chi connectivity index (χ0n) is 18.9. The van der Waals surface area contributed by atoms with Crippen LogP contribution in [0.2, 0.25) is 0 Å². The summed E-state index contributed by atoms with van der Waals surface area (Å²) in [6.45, 7) is 1.73. The highest BCUT2D eigenvalue weighted by molar-refractivity contribution is 6.10. The van der Waals surface area contributed by atoms with Gasteiger partial charge in [0.2, 0.25) is 0 Å². The Labute approximate surface area is 205 Å². The summed E-state index contributed by atoms with van der Waals surface area (Å²) in [6, 6.07) is 10.7. The molecule has 0 radical (unpaired) electrons. The first kappa shape index (κ1) is 25.2. The van der Waals surface area contributed by atoms with Crippen molar-refractivity contribution in [2.24, 2.45) is 5.73 Å². The lowest BCUT2D eigenvalue weighted by Gasteiger charge is -2.11. The fourth-order valence-electron chi connectivity index (χ4n) is 3.59. The molecule has 13 heteroatoms. The van der Waals surface area contributed by atoms with Crippen molar-refractivity contribution in [1.29, 1.82) is 0 Å². The van der Waals surface area contributed by atoms with E-state index in [9.17, 15) is 31.9 Å². The number of hydrogen-bond acceptors (Lipinski definition) is 5. The maximum absolute atomic E-state index is 13.9. The van der Waals surface area contributed by atoms with Gasteiger partial charge in [-0.2, -0.15) is 17.9 Å². The number of carbonyl (C=O) groups excluding carboxylic acids is 3. The molecule has 4 rings (SSSR count). The number of benzene rings is 2. The molecular weight excluding hydrogens is 498 g/mol. The Hall–Kier alpha value is -4.94. The van der Waals surface area contributed by atoms with Crippen molar-refractivity contribution < 1.29 is 36.8 Å². The van der Waals surface area contributed by atoms with Crippen molar-refractivity contribution >= 4 is 40.2 Å². The first-order chi connectivity index (χ1) is 17.5. The van der Waals surface area contributed by atoms with Crippen LogP contribution >= 0.6 is 0 Å². The second kappa shape index (κ2) is 9.60. The van der Waals surface area contributed by atoms with E-state index >= 15 is 0 Å². The summed E-state index contributed by atoms with van der Waals surface area (Å²) in [6.07, 6.45) is -2.89. The van der Waals surface area contributed by atoms with E-state index in [0.29, 0.717) is 10.3 Å². The molecule has 9 nitrogen and oxygen atoms in total. The molecule has 2 aromatic carbocycles. The number of alkyl halides is 3. The van der Waals surface area contributed by atoms with Crippen molar-refractivity contribution in [3.63, 3.8) is 0 Å². The van der Waals surface area contributed by atoms with E-state index in [0.717, 1.165) is 11.8 Å². The number of nitrogens with two attached hydrogens (primary N) is 1. The molecule has 0 fully saturated rings. The molecule has 0 spiro atoms. The van der Waals surface area contributed by atoms with Crippen LogP contribution < -0.4 is 21.2 Å². The molecule has 3 amide bonds. The van der Waals surface area contributed by atoms with E-state index in [-0.39, 0.29) is 27.8 Å². The number of urea groups is 1. The van der Waals surface area contributed by atoms with Gasteiger partial charge in [0.05, 0.1) is 11.9 Å². The van der Waals surface area contributed by atoms with Crippen LogP contribution in [0.4, 0.5) is 33.7 Å². The number of nitrogens with one attached hydrogen (secondary N) is 2. The zero-order valence-corrected chi connectivity index (χ0v) is 18.9. The maximum Gasteiger partial charge on any atom is 0.493 e. The van der Waals surface area contributed by atoms with Crippen molar-refractivity contribution in [3.8, 4) is 11.1 Å². The normalized spacial score (nSPS) is 11.3. The molecule has 0 atom stereocenters. The third kappa shape index (κ3) is 5.19. The van der Waals surface area contributed by atoms with Gasteiger partial charge < -0.3 is 21.2 Å². The Morgan fingerprint density at radius 2 is 1.73 bits per heavy atom. The molecule has 2 aromatic heterocycles. The first-order valence-corrected chi connectivity index (χ1v) is 10.5. The van der Waals surface area contributed by atoms with Crippen LogP contribution in [0, 0.1) is 12.7 Å². The molecular formula is C24H17F4N5O4. The third-order valence-electron chi connectivity index (χ3n) is 5.17. The minimum Gasteiger partial charge on any atom is -0.364 e. The molecule has 0 saturated heterocycles. The molecule has 0 aliphatic heterocycles. The first-order valence-electron chi connectivity index (χ1n) is 10.5. The fourth-order valence-corrected chi connectivity index (χ4v) is 3.59. The lowest BCUT2D eigenvalue weighted by molar-refractivity contribution is -0.199. The summed E-state index contributed by atoms with van der Waals surface area (Å²) >= 11 is 0. The highest BCUT2D eigenvalue weighted by Gasteiger charge is 2.43. The smallest absolute Gasteiger partial charge is 0.364 e. The monoisotopic (exact) mass is 515 g/mol. The predicted octanol–water partition coefficient (Wildman–Crippen LogP) is 4.41. The molecule has 0 saturated carbocycles. The maximum atomic E-state index is 13.9. The highest BCUT2D eigenvalue weighted by Crippen LogP contribution is 2.35. The Morgan fingerprint density at radius 1 is 1.03 bits per heavy atom. The topological polar surface area (TPSA) is 128 Å². The van der Waals surface area contributed by atoms with E-state index in [1.54, 1.807) is 13.0 Å². The van der Waals surface area contributed by atoms with Gasteiger partial charge in [0.1, 0.15) is 11.3 Å². The van der Waals surface area contributed by atoms with E-state index < -0.39 is 35.6 Å². The molecule has 0 aliphatic rings. The SMILES string of the molecule is Cc1ccc(F)c(NC(=O)Nc2ccc(-c3c(C(N)=O)n(OC(=O)C(F)(F)F)c4cnccc34)cc2)c1. The lowest BCUT2D eigenvalue weighted by atomic mass is 10.0.